The Morgan fingerprint density at radius 3 is 2.70 bits per heavy atom. The number of carbonyl (C=O) groups is 1. The van der Waals surface area contributed by atoms with Crippen molar-refractivity contribution < 1.29 is 18.3 Å². The Bertz CT molecular complexity index is 629. The minimum Gasteiger partial charge on any atom is -0.484 e. The Morgan fingerprint density at radius 2 is 2.00 bits per heavy atom. The van der Waals surface area contributed by atoms with E-state index in [1.54, 1.807) is 12.1 Å². The predicted molar refractivity (Wildman–Crippen MR) is 71.7 cm³/mol. The minimum atomic E-state index is -0.825. The van der Waals surface area contributed by atoms with E-state index in [1.807, 2.05) is 19.1 Å². The van der Waals surface area contributed by atoms with Gasteiger partial charge in [0, 0.05) is 6.07 Å². The van der Waals surface area contributed by atoms with E-state index >= 15 is 0 Å². The van der Waals surface area contributed by atoms with Crippen LogP contribution in [0.2, 0.25) is 0 Å². The minimum absolute atomic E-state index is 0.0794. The molecule has 0 aromatic heterocycles. The van der Waals surface area contributed by atoms with E-state index in [2.05, 4.69) is 5.32 Å². The van der Waals surface area contributed by atoms with Gasteiger partial charge in [-0.05, 0) is 36.8 Å². The number of benzene rings is 2. The van der Waals surface area contributed by atoms with Gasteiger partial charge in [0.1, 0.15) is 17.4 Å². The third-order valence-corrected chi connectivity index (χ3v) is 2.56. The molecule has 0 aliphatic heterocycles. The van der Waals surface area contributed by atoms with Crippen molar-refractivity contribution in [3.63, 3.8) is 0 Å². The van der Waals surface area contributed by atoms with Crippen LogP contribution in [0.5, 0.6) is 5.75 Å². The molecule has 3 nitrogen and oxygen atoms in total. The van der Waals surface area contributed by atoms with Crippen LogP contribution in [-0.4, -0.2) is 12.5 Å². The van der Waals surface area contributed by atoms with Crippen LogP contribution < -0.4 is 10.1 Å². The first kappa shape index (κ1) is 14.0. The third-order valence-electron chi connectivity index (χ3n) is 2.56. The molecule has 20 heavy (non-hydrogen) atoms. The molecule has 2 aromatic rings. The summed E-state index contributed by atoms with van der Waals surface area (Å²) in [6, 6.07) is 10.2. The van der Waals surface area contributed by atoms with Gasteiger partial charge in [0.2, 0.25) is 0 Å². The van der Waals surface area contributed by atoms with Gasteiger partial charge in [0.25, 0.3) is 5.91 Å². The number of hydrogen-bond acceptors (Lipinski definition) is 2. The zero-order chi connectivity index (χ0) is 14.5. The van der Waals surface area contributed by atoms with Crippen molar-refractivity contribution in [3.05, 3.63) is 59.7 Å². The standard InChI is InChI=1S/C15H13F2NO2/c1-10-3-2-4-12(7-10)20-9-15(19)18-14-6-5-11(16)8-13(14)17/h2-8H,9H2,1H3,(H,18,19). The van der Waals surface area contributed by atoms with Crippen LogP contribution in [0.25, 0.3) is 0 Å². The van der Waals surface area contributed by atoms with Gasteiger partial charge < -0.3 is 10.1 Å². The van der Waals surface area contributed by atoms with Gasteiger partial charge >= 0.3 is 0 Å². The fourth-order valence-corrected chi connectivity index (χ4v) is 1.63. The molecule has 0 saturated carbocycles. The number of rotatable bonds is 4. The Labute approximate surface area is 115 Å². The second-order valence-corrected chi connectivity index (χ2v) is 4.28. The molecule has 0 spiro atoms. The van der Waals surface area contributed by atoms with Crippen molar-refractivity contribution in [1.82, 2.24) is 0 Å². The van der Waals surface area contributed by atoms with Crippen LogP contribution >= 0.6 is 0 Å². The monoisotopic (exact) mass is 277 g/mol. The zero-order valence-corrected chi connectivity index (χ0v) is 10.8. The number of nitrogens with one attached hydrogen (secondary N) is 1. The molecule has 0 bridgehead atoms. The van der Waals surface area contributed by atoms with E-state index < -0.39 is 17.5 Å². The van der Waals surface area contributed by atoms with Crippen molar-refractivity contribution in [2.75, 3.05) is 11.9 Å². The number of halogens is 2. The topological polar surface area (TPSA) is 38.3 Å². The Hall–Kier alpha value is -2.43. The molecule has 0 aliphatic rings. The van der Waals surface area contributed by atoms with Crippen LogP contribution in [0.15, 0.2) is 42.5 Å². The first-order valence-corrected chi connectivity index (χ1v) is 5.99. The molecule has 0 atom stereocenters. The van der Waals surface area contributed by atoms with E-state index in [-0.39, 0.29) is 12.3 Å². The normalized spacial score (nSPS) is 10.2. The van der Waals surface area contributed by atoms with E-state index in [0.29, 0.717) is 11.8 Å². The lowest BCUT2D eigenvalue weighted by molar-refractivity contribution is -0.118. The van der Waals surface area contributed by atoms with Gasteiger partial charge in [-0.15, -0.1) is 0 Å². The average molecular weight is 277 g/mol. The summed E-state index contributed by atoms with van der Waals surface area (Å²) in [5.74, 6) is -1.48. The number of hydrogen-bond donors (Lipinski definition) is 1. The van der Waals surface area contributed by atoms with Crippen molar-refractivity contribution in [2.45, 2.75) is 6.92 Å². The Kier molecular flexibility index (Phi) is 4.30. The Balaban J connectivity index is 1.92. The van der Waals surface area contributed by atoms with E-state index in [1.165, 1.54) is 0 Å². The molecule has 1 amide bonds. The SMILES string of the molecule is Cc1cccc(OCC(=O)Nc2ccc(F)cc2F)c1. The van der Waals surface area contributed by atoms with Crippen molar-refractivity contribution in [1.29, 1.82) is 0 Å². The van der Waals surface area contributed by atoms with Crippen LogP contribution in [0.1, 0.15) is 5.56 Å². The molecule has 0 fully saturated rings. The molecule has 0 saturated heterocycles. The molecular formula is C15H13F2NO2. The van der Waals surface area contributed by atoms with Crippen LogP contribution in [0.4, 0.5) is 14.5 Å². The highest BCUT2D eigenvalue weighted by atomic mass is 19.1. The lowest BCUT2D eigenvalue weighted by Gasteiger charge is -2.08. The maximum Gasteiger partial charge on any atom is 0.262 e. The number of amides is 1. The van der Waals surface area contributed by atoms with Crippen molar-refractivity contribution >= 4 is 11.6 Å². The molecular weight excluding hydrogens is 264 g/mol. The number of aryl methyl sites for hydroxylation is 1. The van der Waals surface area contributed by atoms with Gasteiger partial charge in [-0.2, -0.15) is 0 Å². The Morgan fingerprint density at radius 1 is 1.20 bits per heavy atom. The molecule has 0 aliphatic carbocycles. The van der Waals surface area contributed by atoms with Crippen molar-refractivity contribution in [2.24, 2.45) is 0 Å². The van der Waals surface area contributed by atoms with E-state index in [0.717, 1.165) is 17.7 Å². The lowest BCUT2D eigenvalue weighted by Crippen LogP contribution is -2.20. The maximum atomic E-state index is 13.3. The smallest absolute Gasteiger partial charge is 0.262 e. The summed E-state index contributed by atoms with van der Waals surface area (Å²) >= 11 is 0. The summed E-state index contributed by atoms with van der Waals surface area (Å²) in [5, 5.41) is 2.32. The van der Waals surface area contributed by atoms with E-state index in [4.69, 9.17) is 4.74 Å². The predicted octanol–water partition coefficient (Wildman–Crippen LogP) is 3.29. The fourth-order valence-electron chi connectivity index (χ4n) is 1.63. The van der Waals surface area contributed by atoms with Crippen LogP contribution in [-0.2, 0) is 4.79 Å². The molecule has 5 heteroatoms. The summed E-state index contributed by atoms with van der Waals surface area (Å²) in [4.78, 5) is 11.6. The summed E-state index contributed by atoms with van der Waals surface area (Å²) in [6.45, 7) is 1.65. The molecule has 2 aromatic carbocycles. The van der Waals surface area contributed by atoms with Gasteiger partial charge in [0.05, 0.1) is 5.69 Å². The number of ether oxygens (including phenoxy) is 1. The quantitative estimate of drug-likeness (QED) is 0.931. The fraction of sp³-hybridized carbons (Fsp3) is 0.133. The van der Waals surface area contributed by atoms with Gasteiger partial charge in [-0.25, -0.2) is 8.78 Å². The maximum absolute atomic E-state index is 13.3. The van der Waals surface area contributed by atoms with E-state index in [9.17, 15) is 13.6 Å². The molecule has 0 heterocycles. The second kappa shape index (κ2) is 6.14. The number of carbonyl (C=O) groups excluding carboxylic acids is 1. The summed E-state index contributed by atoms with van der Waals surface area (Å²) < 4.78 is 31.3. The van der Waals surface area contributed by atoms with Crippen molar-refractivity contribution in [3.8, 4) is 5.75 Å². The highest BCUT2D eigenvalue weighted by Gasteiger charge is 2.08. The third kappa shape index (κ3) is 3.78. The lowest BCUT2D eigenvalue weighted by atomic mass is 10.2. The largest absolute Gasteiger partial charge is 0.484 e. The summed E-state index contributed by atoms with van der Waals surface area (Å²) in [6.07, 6.45) is 0. The first-order valence-electron chi connectivity index (χ1n) is 5.99. The molecule has 104 valence electrons. The zero-order valence-electron chi connectivity index (χ0n) is 10.8. The second-order valence-electron chi connectivity index (χ2n) is 4.28. The van der Waals surface area contributed by atoms with Gasteiger partial charge in [-0.3, -0.25) is 4.79 Å². The molecule has 0 radical (unpaired) electrons. The molecule has 1 N–H and O–H groups in total. The number of anilines is 1. The van der Waals surface area contributed by atoms with Gasteiger partial charge in [-0.1, -0.05) is 12.1 Å². The highest BCUT2D eigenvalue weighted by molar-refractivity contribution is 5.91. The van der Waals surface area contributed by atoms with Crippen LogP contribution in [0.3, 0.4) is 0 Å². The van der Waals surface area contributed by atoms with Gasteiger partial charge in [0.15, 0.2) is 6.61 Å². The molecule has 2 rings (SSSR count). The summed E-state index contributed by atoms with van der Waals surface area (Å²) in [7, 11) is 0. The molecule has 0 unspecified atom stereocenters. The first-order chi connectivity index (χ1) is 9.54. The highest BCUT2D eigenvalue weighted by Crippen LogP contribution is 2.15. The summed E-state index contributed by atoms with van der Waals surface area (Å²) in [5.41, 5.74) is 0.928. The average Bonchev–Trinajstić information content (AvgIpc) is 2.40. The van der Waals surface area contributed by atoms with Crippen LogP contribution in [0, 0.1) is 18.6 Å².